The van der Waals surface area contributed by atoms with Gasteiger partial charge in [0.15, 0.2) is 5.70 Å². The third kappa shape index (κ3) is 3.19. The third-order valence-corrected chi connectivity index (χ3v) is 3.41. The first-order chi connectivity index (χ1) is 11.0. The lowest BCUT2D eigenvalue weighted by molar-refractivity contribution is -0.129. The van der Waals surface area contributed by atoms with Gasteiger partial charge in [-0.2, -0.15) is 5.26 Å². The minimum Gasteiger partial charge on any atom is -0.402 e. The molecule has 112 valence electrons. The molecule has 0 saturated carbocycles. The van der Waals surface area contributed by atoms with Gasteiger partial charge < -0.3 is 4.74 Å². The molecule has 4 heteroatoms. The number of aliphatic imine (C=N–C) groups is 1. The zero-order valence-corrected chi connectivity index (χ0v) is 12.8. The minimum atomic E-state index is -0.485. The van der Waals surface area contributed by atoms with Crippen LogP contribution in [0.3, 0.4) is 0 Å². The number of hydrogen-bond donors (Lipinski definition) is 0. The summed E-state index contributed by atoms with van der Waals surface area (Å²) in [6, 6.07) is 15.0. The fourth-order valence-electron chi connectivity index (χ4n) is 2.49. The molecule has 0 N–H and O–H groups in total. The summed E-state index contributed by atoms with van der Waals surface area (Å²) in [5, 5.41) is 8.93. The Kier molecular flexibility index (Phi) is 3.78. The average Bonchev–Trinajstić information content (AvgIpc) is 2.88. The number of rotatable bonds is 2. The van der Waals surface area contributed by atoms with E-state index in [2.05, 4.69) is 11.1 Å². The smallest absolute Gasteiger partial charge is 0.363 e. The van der Waals surface area contributed by atoms with Crippen LogP contribution >= 0.6 is 0 Å². The fourth-order valence-corrected chi connectivity index (χ4v) is 2.49. The first-order valence-corrected chi connectivity index (χ1v) is 7.16. The second kappa shape index (κ2) is 5.90. The van der Waals surface area contributed by atoms with E-state index in [1.165, 1.54) is 0 Å². The van der Waals surface area contributed by atoms with Gasteiger partial charge in [0.25, 0.3) is 0 Å². The van der Waals surface area contributed by atoms with Crippen LogP contribution in [0.4, 0.5) is 0 Å². The lowest BCUT2D eigenvalue weighted by atomic mass is 10.1. The molecule has 23 heavy (non-hydrogen) atoms. The molecule has 2 aromatic carbocycles. The van der Waals surface area contributed by atoms with Crippen molar-refractivity contribution >= 4 is 17.9 Å². The molecule has 0 unspecified atom stereocenters. The number of hydrogen-bond acceptors (Lipinski definition) is 4. The summed E-state index contributed by atoms with van der Waals surface area (Å²) in [5.74, 6) is -0.175. The van der Waals surface area contributed by atoms with Crippen molar-refractivity contribution in [1.82, 2.24) is 0 Å². The van der Waals surface area contributed by atoms with E-state index in [0.717, 1.165) is 22.3 Å². The van der Waals surface area contributed by atoms with Crippen molar-refractivity contribution in [3.8, 4) is 6.07 Å². The van der Waals surface area contributed by atoms with Crippen molar-refractivity contribution in [3.05, 3.63) is 76.0 Å². The summed E-state index contributed by atoms with van der Waals surface area (Å²) < 4.78 is 5.28. The van der Waals surface area contributed by atoms with Crippen molar-refractivity contribution < 1.29 is 9.53 Å². The molecule has 0 amide bonds. The highest BCUT2D eigenvalue weighted by molar-refractivity contribution is 6.13. The summed E-state index contributed by atoms with van der Waals surface area (Å²) in [6.45, 7) is 3.97. The number of aryl methyl sites for hydroxylation is 2. The van der Waals surface area contributed by atoms with Crippen LogP contribution in [0.25, 0.3) is 6.08 Å². The summed E-state index contributed by atoms with van der Waals surface area (Å²) in [5.41, 5.74) is 4.45. The maximum Gasteiger partial charge on any atom is 0.363 e. The van der Waals surface area contributed by atoms with Crippen LogP contribution < -0.4 is 0 Å². The van der Waals surface area contributed by atoms with E-state index in [1.54, 1.807) is 24.3 Å². The van der Waals surface area contributed by atoms with Crippen molar-refractivity contribution in [2.24, 2.45) is 4.99 Å². The van der Waals surface area contributed by atoms with Gasteiger partial charge in [-0.05, 0) is 49.8 Å². The monoisotopic (exact) mass is 302 g/mol. The highest BCUT2D eigenvalue weighted by Crippen LogP contribution is 2.21. The predicted octanol–water partition coefficient (Wildman–Crippen LogP) is 3.52. The first-order valence-electron chi connectivity index (χ1n) is 7.16. The topological polar surface area (TPSA) is 62.5 Å². The lowest BCUT2D eigenvalue weighted by Gasteiger charge is -2.03. The Morgan fingerprint density at radius 1 is 1.13 bits per heavy atom. The Labute approximate surface area is 134 Å². The SMILES string of the molecule is Cc1cc(C)cc(C2=N/C(=C\c3cccc(C#N)c3)C(=O)O2)c1. The van der Waals surface area contributed by atoms with E-state index in [4.69, 9.17) is 10.00 Å². The van der Waals surface area contributed by atoms with Crippen molar-refractivity contribution in [2.75, 3.05) is 0 Å². The van der Waals surface area contributed by atoms with Gasteiger partial charge in [-0.15, -0.1) is 0 Å². The summed E-state index contributed by atoms with van der Waals surface area (Å²) in [6.07, 6.45) is 1.62. The zero-order chi connectivity index (χ0) is 16.4. The summed E-state index contributed by atoms with van der Waals surface area (Å²) >= 11 is 0. The van der Waals surface area contributed by atoms with Gasteiger partial charge in [0, 0.05) is 5.56 Å². The Morgan fingerprint density at radius 3 is 2.57 bits per heavy atom. The van der Waals surface area contributed by atoms with E-state index in [9.17, 15) is 4.79 Å². The van der Waals surface area contributed by atoms with Crippen LogP contribution in [0.5, 0.6) is 0 Å². The van der Waals surface area contributed by atoms with E-state index in [0.29, 0.717) is 11.5 Å². The molecule has 2 aromatic rings. The number of cyclic esters (lactones) is 1. The number of benzene rings is 2. The summed E-state index contributed by atoms with van der Waals surface area (Å²) in [7, 11) is 0. The van der Waals surface area contributed by atoms with Gasteiger partial charge in [-0.1, -0.05) is 29.3 Å². The largest absolute Gasteiger partial charge is 0.402 e. The molecule has 1 aliphatic rings. The molecule has 0 aliphatic carbocycles. The van der Waals surface area contributed by atoms with Gasteiger partial charge in [0.05, 0.1) is 11.6 Å². The number of nitrogens with zero attached hydrogens (tertiary/aromatic N) is 2. The molecule has 0 fully saturated rings. The molecule has 1 heterocycles. The van der Waals surface area contributed by atoms with Crippen LogP contribution in [0, 0.1) is 25.2 Å². The predicted molar refractivity (Wildman–Crippen MR) is 87.7 cm³/mol. The number of carbonyl (C=O) groups excluding carboxylic acids is 1. The Balaban J connectivity index is 1.98. The van der Waals surface area contributed by atoms with Crippen LogP contribution in [0.1, 0.15) is 27.8 Å². The summed E-state index contributed by atoms with van der Waals surface area (Å²) in [4.78, 5) is 16.3. The standard InChI is InChI=1S/C19H14N2O2/c1-12-6-13(2)8-16(7-12)18-21-17(19(22)23-18)10-14-4-3-5-15(9-14)11-20/h3-10H,1-2H3/b17-10-. The molecule has 4 nitrogen and oxygen atoms in total. The second-order valence-electron chi connectivity index (χ2n) is 5.45. The molecule has 0 spiro atoms. The van der Waals surface area contributed by atoms with Crippen LogP contribution in [-0.4, -0.2) is 11.9 Å². The number of esters is 1. The van der Waals surface area contributed by atoms with Gasteiger partial charge >= 0.3 is 5.97 Å². The molecule has 0 radical (unpaired) electrons. The third-order valence-electron chi connectivity index (χ3n) is 3.41. The number of nitriles is 1. The number of ether oxygens (including phenoxy) is 1. The maximum absolute atomic E-state index is 12.0. The Bertz CT molecular complexity index is 882. The quantitative estimate of drug-likeness (QED) is 0.630. The van der Waals surface area contributed by atoms with Crippen molar-refractivity contribution in [1.29, 1.82) is 5.26 Å². The molecular weight excluding hydrogens is 288 g/mol. The van der Waals surface area contributed by atoms with Gasteiger partial charge in [-0.3, -0.25) is 0 Å². The average molecular weight is 302 g/mol. The molecule has 3 rings (SSSR count). The minimum absolute atomic E-state index is 0.231. The highest BCUT2D eigenvalue weighted by Gasteiger charge is 2.24. The molecule has 0 bridgehead atoms. The van der Waals surface area contributed by atoms with Crippen LogP contribution in [0.2, 0.25) is 0 Å². The van der Waals surface area contributed by atoms with Crippen molar-refractivity contribution in [3.63, 3.8) is 0 Å². The van der Waals surface area contributed by atoms with Gasteiger partial charge in [0.1, 0.15) is 0 Å². The van der Waals surface area contributed by atoms with E-state index in [-0.39, 0.29) is 5.70 Å². The van der Waals surface area contributed by atoms with Gasteiger partial charge in [0.2, 0.25) is 5.90 Å². The normalized spacial score (nSPS) is 15.3. The molecule has 1 aliphatic heterocycles. The first kappa shape index (κ1) is 14.7. The van der Waals surface area contributed by atoms with E-state index >= 15 is 0 Å². The molecular formula is C19H14N2O2. The molecule has 0 atom stereocenters. The van der Waals surface area contributed by atoms with E-state index in [1.807, 2.05) is 38.1 Å². The Morgan fingerprint density at radius 2 is 1.87 bits per heavy atom. The fraction of sp³-hybridized carbons (Fsp3) is 0.105. The second-order valence-corrected chi connectivity index (χ2v) is 5.45. The lowest BCUT2D eigenvalue weighted by Crippen LogP contribution is -2.05. The van der Waals surface area contributed by atoms with Crippen LogP contribution in [0.15, 0.2) is 53.2 Å². The van der Waals surface area contributed by atoms with E-state index < -0.39 is 5.97 Å². The zero-order valence-electron chi connectivity index (χ0n) is 12.8. The highest BCUT2D eigenvalue weighted by atomic mass is 16.6. The number of carbonyl (C=O) groups is 1. The maximum atomic E-state index is 12.0. The van der Waals surface area contributed by atoms with Crippen molar-refractivity contribution in [2.45, 2.75) is 13.8 Å². The van der Waals surface area contributed by atoms with Crippen LogP contribution in [-0.2, 0) is 9.53 Å². The molecule has 0 aromatic heterocycles. The van der Waals surface area contributed by atoms with Gasteiger partial charge in [-0.25, -0.2) is 9.79 Å². The Hall–Kier alpha value is -3.19. The molecule has 0 saturated heterocycles.